The van der Waals surface area contributed by atoms with Crippen LogP contribution in [0.3, 0.4) is 0 Å². The molecule has 6 heteroatoms. The highest BCUT2D eigenvalue weighted by atomic mass is 19.4. The first-order chi connectivity index (χ1) is 11.7. The molecule has 25 heavy (non-hydrogen) atoms. The van der Waals surface area contributed by atoms with Crippen molar-refractivity contribution in [2.24, 2.45) is 0 Å². The van der Waals surface area contributed by atoms with Gasteiger partial charge in [0.25, 0.3) is 5.91 Å². The van der Waals surface area contributed by atoms with E-state index in [0.29, 0.717) is 11.5 Å². The highest BCUT2D eigenvalue weighted by Crippen LogP contribution is 2.30. The van der Waals surface area contributed by atoms with Crippen LogP contribution in [0.4, 0.5) is 18.9 Å². The molecule has 0 saturated heterocycles. The Kier molecular flexibility index (Phi) is 5.51. The van der Waals surface area contributed by atoms with E-state index in [4.69, 9.17) is 0 Å². The fourth-order valence-corrected chi connectivity index (χ4v) is 2.18. The summed E-state index contributed by atoms with van der Waals surface area (Å²) in [5.74, 6) is -0.732. The summed E-state index contributed by atoms with van der Waals surface area (Å²) in [5, 5.41) is 2.41. The Balaban J connectivity index is 2.15. The Morgan fingerprint density at radius 1 is 1.08 bits per heavy atom. The van der Waals surface area contributed by atoms with E-state index in [9.17, 15) is 18.0 Å². The van der Waals surface area contributed by atoms with E-state index in [1.54, 1.807) is 12.1 Å². The molecule has 2 aromatic carbocycles. The molecule has 0 aromatic heterocycles. The molecule has 3 nitrogen and oxygen atoms in total. The average Bonchev–Trinajstić information content (AvgIpc) is 2.54. The second-order valence-corrected chi connectivity index (χ2v) is 5.75. The first-order valence-electron chi connectivity index (χ1n) is 7.62. The van der Waals surface area contributed by atoms with Gasteiger partial charge in [0.1, 0.15) is 0 Å². The van der Waals surface area contributed by atoms with Crippen LogP contribution in [0.2, 0.25) is 0 Å². The topological polar surface area (TPSA) is 38.3 Å². The number of hydrogen-bond acceptors (Lipinski definition) is 2. The molecule has 132 valence electrons. The summed E-state index contributed by atoms with van der Waals surface area (Å²) in [6, 6.07) is 12.6. The van der Waals surface area contributed by atoms with Crippen molar-refractivity contribution in [3.8, 4) is 5.75 Å². The minimum atomic E-state index is -4.84. The molecule has 0 unspecified atom stereocenters. The predicted octanol–water partition coefficient (Wildman–Crippen LogP) is 5.36. The van der Waals surface area contributed by atoms with Crippen molar-refractivity contribution in [2.75, 3.05) is 5.32 Å². The second-order valence-electron chi connectivity index (χ2n) is 5.75. The van der Waals surface area contributed by atoms with Crippen LogP contribution in [-0.2, 0) is 4.79 Å². The molecule has 0 radical (unpaired) electrons. The molecular weight excluding hydrogens is 331 g/mol. The van der Waals surface area contributed by atoms with E-state index in [0.717, 1.165) is 11.6 Å². The lowest BCUT2D eigenvalue weighted by atomic mass is 9.99. The van der Waals surface area contributed by atoms with Gasteiger partial charge in [0, 0.05) is 5.57 Å². The molecule has 0 fully saturated rings. The number of rotatable bonds is 5. The largest absolute Gasteiger partial charge is 0.573 e. The van der Waals surface area contributed by atoms with E-state index < -0.39 is 18.0 Å². The molecular formula is C19H18F3NO2. The Labute approximate surface area is 144 Å². The summed E-state index contributed by atoms with van der Waals surface area (Å²) in [6.07, 6.45) is -4.84. The SMILES string of the molecule is C=C(C(=O)Nc1ccccc1OC(F)(F)F)c1ccc(C(C)C)cc1. The summed E-state index contributed by atoms with van der Waals surface area (Å²) in [7, 11) is 0. The zero-order chi connectivity index (χ0) is 18.6. The first-order valence-corrected chi connectivity index (χ1v) is 7.62. The zero-order valence-corrected chi connectivity index (χ0v) is 13.9. The predicted molar refractivity (Wildman–Crippen MR) is 91.3 cm³/mol. The van der Waals surface area contributed by atoms with Gasteiger partial charge in [-0.25, -0.2) is 0 Å². The fraction of sp³-hybridized carbons (Fsp3) is 0.211. The van der Waals surface area contributed by atoms with E-state index in [-0.39, 0.29) is 11.3 Å². The fourth-order valence-electron chi connectivity index (χ4n) is 2.18. The summed E-state index contributed by atoms with van der Waals surface area (Å²) in [4.78, 5) is 12.3. The van der Waals surface area contributed by atoms with Crippen molar-refractivity contribution < 1.29 is 22.7 Å². The van der Waals surface area contributed by atoms with Crippen LogP contribution >= 0.6 is 0 Å². The standard InChI is InChI=1S/C19H18F3NO2/c1-12(2)14-8-10-15(11-9-14)13(3)18(24)23-16-6-4-5-7-17(16)25-19(20,21)22/h4-12H,3H2,1-2H3,(H,23,24). The molecule has 0 spiro atoms. The molecule has 0 aliphatic heterocycles. The van der Waals surface area contributed by atoms with Gasteiger partial charge in [0.2, 0.25) is 0 Å². The quantitative estimate of drug-likeness (QED) is 0.738. The van der Waals surface area contributed by atoms with E-state index in [1.165, 1.54) is 18.2 Å². The van der Waals surface area contributed by atoms with Gasteiger partial charge in [-0.1, -0.05) is 56.8 Å². The Morgan fingerprint density at radius 3 is 2.24 bits per heavy atom. The number of ether oxygens (including phenoxy) is 1. The minimum absolute atomic E-state index is 0.0789. The molecule has 0 aliphatic rings. The Morgan fingerprint density at radius 2 is 1.68 bits per heavy atom. The van der Waals surface area contributed by atoms with Gasteiger partial charge in [-0.15, -0.1) is 13.2 Å². The smallest absolute Gasteiger partial charge is 0.404 e. The number of amides is 1. The molecule has 0 saturated carbocycles. The van der Waals surface area contributed by atoms with E-state index >= 15 is 0 Å². The maximum atomic E-state index is 12.4. The summed E-state index contributed by atoms with van der Waals surface area (Å²) < 4.78 is 41.2. The van der Waals surface area contributed by atoms with Crippen molar-refractivity contribution >= 4 is 17.2 Å². The molecule has 0 heterocycles. The van der Waals surface area contributed by atoms with Crippen LogP contribution in [0.5, 0.6) is 5.75 Å². The molecule has 0 aliphatic carbocycles. The van der Waals surface area contributed by atoms with Crippen LogP contribution in [0, 0.1) is 0 Å². The molecule has 2 rings (SSSR count). The lowest BCUT2D eigenvalue weighted by Gasteiger charge is -2.14. The number of alkyl halides is 3. The van der Waals surface area contributed by atoms with Crippen LogP contribution in [0.15, 0.2) is 55.1 Å². The van der Waals surface area contributed by atoms with Crippen LogP contribution in [0.1, 0.15) is 30.9 Å². The van der Waals surface area contributed by atoms with Gasteiger partial charge in [0.15, 0.2) is 5.75 Å². The van der Waals surface area contributed by atoms with Crippen LogP contribution in [-0.4, -0.2) is 12.3 Å². The zero-order valence-electron chi connectivity index (χ0n) is 13.9. The highest BCUT2D eigenvalue weighted by molar-refractivity contribution is 6.24. The Hall–Kier alpha value is -2.76. The number of anilines is 1. The average molecular weight is 349 g/mol. The van der Waals surface area contributed by atoms with Crippen LogP contribution < -0.4 is 10.1 Å². The highest BCUT2D eigenvalue weighted by Gasteiger charge is 2.32. The third-order valence-corrected chi connectivity index (χ3v) is 3.56. The summed E-state index contributed by atoms with van der Waals surface area (Å²) in [5.41, 5.74) is 1.78. The van der Waals surface area contributed by atoms with Crippen molar-refractivity contribution in [1.82, 2.24) is 0 Å². The number of carbonyl (C=O) groups excluding carboxylic acids is 1. The third-order valence-electron chi connectivity index (χ3n) is 3.56. The van der Waals surface area contributed by atoms with Gasteiger partial charge in [0.05, 0.1) is 5.69 Å². The Bertz CT molecular complexity index is 765. The van der Waals surface area contributed by atoms with Gasteiger partial charge in [-0.05, 0) is 29.2 Å². The van der Waals surface area contributed by atoms with Crippen LogP contribution in [0.25, 0.3) is 5.57 Å². The van der Waals surface area contributed by atoms with E-state index in [2.05, 4.69) is 16.6 Å². The number of para-hydroxylation sites is 2. The van der Waals surface area contributed by atoms with Crippen molar-refractivity contribution in [3.63, 3.8) is 0 Å². The van der Waals surface area contributed by atoms with Gasteiger partial charge < -0.3 is 10.1 Å². The van der Waals surface area contributed by atoms with Gasteiger partial charge in [-0.3, -0.25) is 4.79 Å². The van der Waals surface area contributed by atoms with Gasteiger partial charge in [-0.2, -0.15) is 0 Å². The third kappa shape index (κ3) is 5.11. The number of hydrogen-bond donors (Lipinski definition) is 1. The van der Waals surface area contributed by atoms with Gasteiger partial charge >= 0.3 is 6.36 Å². The number of benzene rings is 2. The number of nitrogens with one attached hydrogen (secondary N) is 1. The maximum absolute atomic E-state index is 12.4. The lowest BCUT2D eigenvalue weighted by molar-refractivity contribution is -0.274. The minimum Gasteiger partial charge on any atom is -0.404 e. The summed E-state index contributed by atoms with van der Waals surface area (Å²) in [6.45, 7) is 7.82. The maximum Gasteiger partial charge on any atom is 0.573 e. The first kappa shape index (κ1) is 18.6. The number of carbonyl (C=O) groups is 1. The molecule has 0 bridgehead atoms. The van der Waals surface area contributed by atoms with Crippen molar-refractivity contribution in [2.45, 2.75) is 26.1 Å². The molecule has 0 atom stereocenters. The normalized spacial score (nSPS) is 11.3. The summed E-state index contributed by atoms with van der Waals surface area (Å²) >= 11 is 0. The van der Waals surface area contributed by atoms with Crippen molar-refractivity contribution in [3.05, 3.63) is 66.2 Å². The molecule has 1 N–H and O–H groups in total. The lowest BCUT2D eigenvalue weighted by Crippen LogP contribution is -2.19. The van der Waals surface area contributed by atoms with Crippen molar-refractivity contribution in [1.29, 1.82) is 0 Å². The monoisotopic (exact) mass is 349 g/mol. The van der Waals surface area contributed by atoms with E-state index in [1.807, 2.05) is 26.0 Å². The molecule has 1 amide bonds. The molecule has 2 aromatic rings. The second kappa shape index (κ2) is 7.42. The number of halogens is 3.